The number of hydrogen-bond donors (Lipinski definition) is 2. The van der Waals surface area contributed by atoms with Gasteiger partial charge in [-0.25, -0.2) is 0 Å². The molecule has 5 heteroatoms. The summed E-state index contributed by atoms with van der Waals surface area (Å²) in [6.07, 6.45) is 0. The van der Waals surface area contributed by atoms with Gasteiger partial charge < -0.3 is 20.1 Å². The Kier molecular flexibility index (Phi) is 6.29. The van der Waals surface area contributed by atoms with E-state index in [0.29, 0.717) is 13.2 Å². The van der Waals surface area contributed by atoms with Gasteiger partial charge in [-0.3, -0.25) is 4.79 Å². The number of benzene rings is 2. The van der Waals surface area contributed by atoms with Crippen LogP contribution in [0.1, 0.15) is 12.5 Å². The molecule has 0 saturated heterocycles. The maximum Gasteiger partial charge on any atom is 0.239 e. The summed E-state index contributed by atoms with van der Waals surface area (Å²) < 4.78 is 10.6. The van der Waals surface area contributed by atoms with Crippen LogP contribution in [-0.2, 0) is 11.3 Å². The van der Waals surface area contributed by atoms with Crippen molar-refractivity contribution in [1.29, 1.82) is 0 Å². The third-order valence-corrected chi connectivity index (χ3v) is 3.29. The molecular formula is C18H22N2O3. The molecule has 0 unspecified atom stereocenters. The predicted octanol–water partition coefficient (Wildman–Crippen LogP) is 2.82. The quantitative estimate of drug-likeness (QED) is 0.786. The Morgan fingerprint density at radius 1 is 1.09 bits per heavy atom. The standard InChI is InChI=1S/C18H22N2O3/c1-3-23-16-10-8-15(9-11-16)19-13-18(21)20-12-14-6-4-5-7-17(14)22-2/h4-11,19H,3,12-13H2,1-2H3,(H,20,21). The van der Waals surface area contributed by atoms with E-state index in [0.717, 1.165) is 22.7 Å². The van der Waals surface area contributed by atoms with Crippen LogP contribution in [0.2, 0.25) is 0 Å². The van der Waals surface area contributed by atoms with Crippen LogP contribution in [0.15, 0.2) is 48.5 Å². The second-order valence-electron chi connectivity index (χ2n) is 4.90. The molecule has 0 fully saturated rings. The highest BCUT2D eigenvalue weighted by Gasteiger charge is 2.05. The molecule has 23 heavy (non-hydrogen) atoms. The van der Waals surface area contributed by atoms with Crippen LogP contribution in [0.4, 0.5) is 5.69 Å². The molecule has 2 rings (SSSR count). The normalized spacial score (nSPS) is 10.0. The van der Waals surface area contributed by atoms with Crippen LogP contribution in [0.5, 0.6) is 11.5 Å². The summed E-state index contributed by atoms with van der Waals surface area (Å²) in [5, 5.41) is 5.95. The minimum absolute atomic E-state index is 0.0789. The van der Waals surface area contributed by atoms with Gasteiger partial charge in [-0.05, 0) is 37.3 Å². The Morgan fingerprint density at radius 2 is 1.83 bits per heavy atom. The molecule has 122 valence electrons. The number of rotatable bonds is 8. The topological polar surface area (TPSA) is 59.6 Å². The van der Waals surface area contributed by atoms with Crippen molar-refractivity contribution < 1.29 is 14.3 Å². The van der Waals surface area contributed by atoms with Gasteiger partial charge in [-0.1, -0.05) is 18.2 Å². The summed E-state index contributed by atoms with van der Waals surface area (Å²) in [6, 6.07) is 15.1. The van der Waals surface area contributed by atoms with E-state index >= 15 is 0 Å². The van der Waals surface area contributed by atoms with E-state index in [-0.39, 0.29) is 12.5 Å². The second kappa shape index (κ2) is 8.68. The minimum Gasteiger partial charge on any atom is -0.496 e. The van der Waals surface area contributed by atoms with E-state index in [1.165, 1.54) is 0 Å². The summed E-state index contributed by atoms with van der Waals surface area (Å²) in [4.78, 5) is 11.9. The van der Waals surface area contributed by atoms with E-state index < -0.39 is 0 Å². The molecular weight excluding hydrogens is 292 g/mol. The lowest BCUT2D eigenvalue weighted by Crippen LogP contribution is -2.29. The fraction of sp³-hybridized carbons (Fsp3) is 0.278. The van der Waals surface area contributed by atoms with Crippen LogP contribution >= 0.6 is 0 Å². The van der Waals surface area contributed by atoms with E-state index in [1.807, 2.05) is 55.5 Å². The maximum absolute atomic E-state index is 11.9. The van der Waals surface area contributed by atoms with Gasteiger partial charge in [0.1, 0.15) is 11.5 Å². The first kappa shape index (κ1) is 16.7. The average molecular weight is 314 g/mol. The molecule has 0 heterocycles. The lowest BCUT2D eigenvalue weighted by atomic mass is 10.2. The molecule has 2 aromatic carbocycles. The highest BCUT2D eigenvalue weighted by Crippen LogP contribution is 2.17. The van der Waals surface area contributed by atoms with Gasteiger partial charge in [-0.15, -0.1) is 0 Å². The van der Waals surface area contributed by atoms with Crippen LogP contribution in [0.25, 0.3) is 0 Å². The number of anilines is 1. The molecule has 2 aromatic rings. The van der Waals surface area contributed by atoms with E-state index in [9.17, 15) is 4.79 Å². The summed E-state index contributed by atoms with van der Waals surface area (Å²) in [7, 11) is 1.62. The van der Waals surface area contributed by atoms with Gasteiger partial charge in [0.15, 0.2) is 0 Å². The first-order valence-electron chi connectivity index (χ1n) is 7.58. The third-order valence-electron chi connectivity index (χ3n) is 3.29. The number of carbonyl (C=O) groups is 1. The highest BCUT2D eigenvalue weighted by atomic mass is 16.5. The molecule has 0 bridgehead atoms. The van der Waals surface area contributed by atoms with Gasteiger partial charge in [-0.2, -0.15) is 0 Å². The molecule has 0 aromatic heterocycles. The number of para-hydroxylation sites is 1. The van der Waals surface area contributed by atoms with Crippen LogP contribution in [-0.4, -0.2) is 26.2 Å². The van der Waals surface area contributed by atoms with Crippen molar-refractivity contribution in [2.45, 2.75) is 13.5 Å². The Bertz CT molecular complexity index is 626. The smallest absolute Gasteiger partial charge is 0.239 e. The van der Waals surface area contributed by atoms with Gasteiger partial charge in [0.05, 0.1) is 20.3 Å². The third kappa shape index (κ3) is 5.21. The van der Waals surface area contributed by atoms with Gasteiger partial charge >= 0.3 is 0 Å². The molecule has 5 nitrogen and oxygen atoms in total. The second-order valence-corrected chi connectivity index (χ2v) is 4.90. The predicted molar refractivity (Wildman–Crippen MR) is 90.9 cm³/mol. The Labute approximate surface area is 136 Å². The summed E-state index contributed by atoms with van der Waals surface area (Å²) in [5.74, 6) is 1.51. The van der Waals surface area contributed by atoms with Crippen molar-refractivity contribution in [3.63, 3.8) is 0 Å². The lowest BCUT2D eigenvalue weighted by Gasteiger charge is -2.11. The fourth-order valence-electron chi connectivity index (χ4n) is 2.12. The van der Waals surface area contributed by atoms with Gasteiger partial charge in [0.25, 0.3) is 0 Å². The molecule has 1 amide bonds. The molecule has 0 aliphatic carbocycles. The number of methoxy groups -OCH3 is 1. The van der Waals surface area contributed by atoms with Crippen LogP contribution in [0, 0.1) is 0 Å². The number of amides is 1. The number of ether oxygens (including phenoxy) is 2. The van der Waals surface area contributed by atoms with E-state index in [1.54, 1.807) is 7.11 Å². The molecule has 2 N–H and O–H groups in total. The largest absolute Gasteiger partial charge is 0.496 e. The fourth-order valence-corrected chi connectivity index (χ4v) is 2.12. The zero-order chi connectivity index (χ0) is 16.5. The number of hydrogen-bond acceptors (Lipinski definition) is 4. The van der Waals surface area contributed by atoms with E-state index in [4.69, 9.17) is 9.47 Å². The lowest BCUT2D eigenvalue weighted by molar-refractivity contribution is -0.119. The monoisotopic (exact) mass is 314 g/mol. The van der Waals surface area contributed by atoms with E-state index in [2.05, 4.69) is 10.6 Å². The molecule has 0 aliphatic rings. The van der Waals surface area contributed by atoms with Gasteiger partial charge in [0.2, 0.25) is 5.91 Å². The van der Waals surface area contributed by atoms with Crippen molar-refractivity contribution in [3.05, 3.63) is 54.1 Å². The maximum atomic E-state index is 11.9. The zero-order valence-electron chi connectivity index (χ0n) is 13.5. The minimum atomic E-state index is -0.0789. The van der Waals surface area contributed by atoms with Crippen LogP contribution in [0.3, 0.4) is 0 Å². The summed E-state index contributed by atoms with van der Waals surface area (Å²) in [6.45, 7) is 3.23. The Hall–Kier alpha value is -2.69. The van der Waals surface area contributed by atoms with Crippen molar-refractivity contribution in [1.82, 2.24) is 5.32 Å². The molecule has 0 saturated carbocycles. The summed E-state index contributed by atoms with van der Waals surface area (Å²) in [5.41, 5.74) is 1.82. The number of carbonyl (C=O) groups excluding carboxylic acids is 1. The Balaban J connectivity index is 1.78. The first-order chi connectivity index (χ1) is 11.2. The summed E-state index contributed by atoms with van der Waals surface area (Å²) >= 11 is 0. The SMILES string of the molecule is CCOc1ccc(NCC(=O)NCc2ccccc2OC)cc1. The highest BCUT2D eigenvalue weighted by molar-refractivity contribution is 5.80. The first-order valence-corrected chi connectivity index (χ1v) is 7.58. The molecule has 0 spiro atoms. The number of nitrogens with one attached hydrogen (secondary N) is 2. The molecule has 0 radical (unpaired) electrons. The molecule has 0 aliphatic heterocycles. The average Bonchev–Trinajstić information content (AvgIpc) is 2.60. The zero-order valence-corrected chi connectivity index (χ0v) is 13.5. The molecule has 0 atom stereocenters. The van der Waals surface area contributed by atoms with Crippen molar-refractivity contribution in [2.24, 2.45) is 0 Å². The van der Waals surface area contributed by atoms with Crippen molar-refractivity contribution >= 4 is 11.6 Å². The van der Waals surface area contributed by atoms with Crippen molar-refractivity contribution in [2.75, 3.05) is 25.6 Å². The Morgan fingerprint density at radius 3 is 2.52 bits per heavy atom. The van der Waals surface area contributed by atoms with Crippen LogP contribution < -0.4 is 20.1 Å². The van der Waals surface area contributed by atoms with Gasteiger partial charge in [0, 0.05) is 17.8 Å². The van der Waals surface area contributed by atoms with Crippen molar-refractivity contribution in [3.8, 4) is 11.5 Å².